The molecule has 4 heterocycles. The summed E-state index contributed by atoms with van der Waals surface area (Å²) in [7, 11) is 0. The third-order valence-corrected chi connectivity index (χ3v) is 6.26. The number of aromatic nitrogens is 1. The Hall–Kier alpha value is -4.27. The number of hydrogen-bond acceptors (Lipinski definition) is 9. The van der Waals surface area contributed by atoms with Crippen molar-refractivity contribution in [2.24, 2.45) is 0 Å². The number of carbonyl (C=O) groups excluding carboxylic acids is 3. The van der Waals surface area contributed by atoms with Crippen molar-refractivity contribution >= 4 is 23.7 Å². The Morgan fingerprint density at radius 3 is 2.68 bits per heavy atom. The number of nitrogens with zero attached hydrogens (tertiary/aromatic N) is 5. The number of fused-ring (bicyclic) bond motifs is 1. The molecule has 5 rings (SSSR count). The lowest BCUT2D eigenvalue weighted by atomic mass is 9.91. The average Bonchev–Trinajstić information content (AvgIpc) is 3.52. The van der Waals surface area contributed by atoms with Crippen LogP contribution < -0.4 is 19.7 Å². The molecule has 0 aliphatic carbocycles. The van der Waals surface area contributed by atoms with Crippen LogP contribution in [0.3, 0.4) is 0 Å². The van der Waals surface area contributed by atoms with Crippen molar-refractivity contribution in [3.05, 3.63) is 35.3 Å². The van der Waals surface area contributed by atoms with Crippen molar-refractivity contribution in [1.29, 1.82) is 5.26 Å². The first kappa shape index (κ1) is 21.6. The molecule has 0 bridgehead atoms. The number of hydrogen-bond donors (Lipinski definition) is 1. The van der Waals surface area contributed by atoms with Gasteiger partial charge < -0.3 is 29.0 Å². The van der Waals surface area contributed by atoms with Gasteiger partial charge in [-0.25, -0.2) is 9.78 Å². The van der Waals surface area contributed by atoms with Crippen molar-refractivity contribution in [3.63, 3.8) is 0 Å². The van der Waals surface area contributed by atoms with E-state index in [1.807, 2.05) is 11.0 Å². The summed E-state index contributed by atoms with van der Waals surface area (Å²) >= 11 is 0. The van der Waals surface area contributed by atoms with Crippen molar-refractivity contribution in [2.75, 3.05) is 44.4 Å². The third kappa shape index (κ3) is 3.45. The summed E-state index contributed by atoms with van der Waals surface area (Å²) in [5.74, 6) is 0.994. The minimum atomic E-state index is -1.32. The van der Waals surface area contributed by atoms with Crippen LogP contribution >= 0.6 is 0 Å². The van der Waals surface area contributed by atoms with Crippen LogP contribution in [0.5, 0.6) is 11.5 Å². The van der Waals surface area contributed by atoms with E-state index < -0.39 is 17.5 Å². The fraction of sp³-hybridized carbons (Fsp3) is 0.409. The molecule has 3 aliphatic rings. The van der Waals surface area contributed by atoms with E-state index in [4.69, 9.17) is 13.9 Å². The number of piperazine rings is 1. The number of anilines is 1. The average molecular weight is 466 g/mol. The van der Waals surface area contributed by atoms with Gasteiger partial charge in [0.1, 0.15) is 18.2 Å². The molecule has 1 aromatic carbocycles. The highest BCUT2D eigenvalue weighted by molar-refractivity contribution is 6.09. The molecule has 3 aliphatic heterocycles. The molecule has 2 aromatic rings. The Labute approximate surface area is 194 Å². The molecular formula is C22H22N6O6. The number of amides is 4. The molecule has 1 aromatic heterocycles. The number of nitriles is 1. The number of imide groups is 1. The van der Waals surface area contributed by atoms with E-state index >= 15 is 0 Å². The van der Waals surface area contributed by atoms with Gasteiger partial charge in [0, 0.05) is 33.1 Å². The van der Waals surface area contributed by atoms with Crippen molar-refractivity contribution in [3.8, 4) is 17.6 Å². The first-order chi connectivity index (χ1) is 16.3. The van der Waals surface area contributed by atoms with Gasteiger partial charge in [0.25, 0.3) is 5.91 Å². The number of aryl methyl sites for hydroxylation is 1. The van der Waals surface area contributed by atoms with E-state index in [1.165, 1.54) is 0 Å². The second kappa shape index (κ2) is 7.95. The molecule has 4 amide bonds. The zero-order chi connectivity index (χ0) is 24.0. The summed E-state index contributed by atoms with van der Waals surface area (Å²) in [6, 6.07) is 6.41. The summed E-state index contributed by atoms with van der Waals surface area (Å²) in [6.07, 6.45) is 0. The zero-order valence-electron chi connectivity index (χ0n) is 18.7. The maximum absolute atomic E-state index is 13.2. The minimum Gasteiger partial charge on any atom is -0.454 e. The molecule has 2 fully saturated rings. The van der Waals surface area contributed by atoms with Gasteiger partial charge in [-0.05, 0) is 24.6 Å². The largest absolute Gasteiger partial charge is 0.454 e. The zero-order valence-corrected chi connectivity index (χ0v) is 18.7. The molecule has 176 valence electrons. The second-order valence-corrected chi connectivity index (χ2v) is 8.38. The molecule has 0 radical (unpaired) electrons. The SMILES string of the molecule is Cc1nc(C#N)c(N2CCN(C(=O)CN3C(=O)NC(C)(c4ccc5c(c4)OCO5)C3=O)CC2)o1. The van der Waals surface area contributed by atoms with Gasteiger partial charge in [0.05, 0.1) is 0 Å². The lowest BCUT2D eigenvalue weighted by Gasteiger charge is -2.35. The maximum atomic E-state index is 13.2. The van der Waals surface area contributed by atoms with Gasteiger partial charge in [-0.3, -0.25) is 14.5 Å². The van der Waals surface area contributed by atoms with Crippen molar-refractivity contribution < 1.29 is 28.3 Å². The summed E-state index contributed by atoms with van der Waals surface area (Å²) in [5, 5.41) is 11.9. The van der Waals surface area contributed by atoms with E-state index in [0.29, 0.717) is 55.0 Å². The smallest absolute Gasteiger partial charge is 0.325 e. The van der Waals surface area contributed by atoms with Crippen LogP contribution in [0, 0.1) is 18.3 Å². The monoisotopic (exact) mass is 466 g/mol. The Bertz CT molecular complexity index is 1230. The highest BCUT2D eigenvalue weighted by Gasteiger charge is 2.50. The summed E-state index contributed by atoms with van der Waals surface area (Å²) < 4.78 is 16.2. The van der Waals surface area contributed by atoms with E-state index in [-0.39, 0.29) is 24.9 Å². The fourth-order valence-corrected chi connectivity index (χ4v) is 4.34. The van der Waals surface area contributed by atoms with Crippen LogP contribution in [0.4, 0.5) is 10.7 Å². The molecule has 0 spiro atoms. The second-order valence-electron chi connectivity index (χ2n) is 8.38. The van der Waals surface area contributed by atoms with E-state index in [2.05, 4.69) is 10.3 Å². The molecule has 0 saturated carbocycles. The van der Waals surface area contributed by atoms with Gasteiger partial charge in [0.2, 0.25) is 24.3 Å². The van der Waals surface area contributed by atoms with Crippen LogP contribution in [0.25, 0.3) is 0 Å². The molecule has 1 atom stereocenters. The van der Waals surface area contributed by atoms with Crippen LogP contribution in [-0.4, -0.2) is 72.1 Å². The molecule has 12 nitrogen and oxygen atoms in total. The van der Waals surface area contributed by atoms with Crippen molar-refractivity contribution in [2.45, 2.75) is 19.4 Å². The summed E-state index contributed by atoms with van der Waals surface area (Å²) in [4.78, 5) is 47.2. The predicted octanol–water partition coefficient (Wildman–Crippen LogP) is 0.699. The van der Waals surface area contributed by atoms with E-state index in [9.17, 15) is 19.6 Å². The molecule has 12 heteroatoms. The van der Waals surface area contributed by atoms with E-state index in [0.717, 1.165) is 4.90 Å². The predicted molar refractivity (Wildman–Crippen MR) is 115 cm³/mol. The van der Waals surface area contributed by atoms with Gasteiger partial charge in [-0.1, -0.05) is 6.07 Å². The fourth-order valence-electron chi connectivity index (χ4n) is 4.34. The highest BCUT2D eigenvalue weighted by atomic mass is 16.7. The molecular weight excluding hydrogens is 444 g/mol. The van der Waals surface area contributed by atoms with Crippen LogP contribution in [0.2, 0.25) is 0 Å². The molecule has 2 saturated heterocycles. The normalized spacial score (nSPS) is 21.6. The quantitative estimate of drug-likeness (QED) is 0.645. The van der Waals surface area contributed by atoms with Crippen molar-refractivity contribution in [1.82, 2.24) is 20.1 Å². The Balaban J connectivity index is 1.24. The highest BCUT2D eigenvalue weighted by Crippen LogP contribution is 2.37. The van der Waals surface area contributed by atoms with Gasteiger partial charge >= 0.3 is 6.03 Å². The molecule has 1 N–H and O–H groups in total. The van der Waals surface area contributed by atoms with Crippen LogP contribution in [0.15, 0.2) is 22.6 Å². The number of nitrogens with one attached hydrogen (secondary N) is 1. The lowest BCUT2D eigenvalue weighted by molar-refractivity contribution is -0.139. The molecule has 34 heavy (non-hydrogen) atoms. The van der Waals surface area contributed by atoms with E-state index in [1.54, 1.807) is 36.9 Å². The number of carbonyl (C=O) groups is 3. The van der Waals surface area contributed by atoms with Gasteiger partial charge in [-0.2, -0.15) is 5.26 Å². The summed E-state index contributed by atoms with van der Waals surface area (Å²) in [5.41, 5.74) is -0.580. The Kier molecular flexibility index (Phi) is 5.04. The van der Waals surface area contributed by atoms with Crippen LogP contribution in [0.1, 0.15) is 24.1 Å². The minimum absolute atomic E-state index is 0.0948. The number of oxazole rings is 1. The first-order valence-electron chi connectivity index (χ1n) is 10.7. The first-order valence-corrected chi connectivity index (χ1v) is 10.7. The number of benzene rings is 1. The van der Waals surface area contributed by atoms with Gasteiger partial charge in [0.15, 0.2) is 17.4 Å². The Morgan fingerprint density at radius 1 is 1.21 bits per heavy atom. The van der Waals surface area contributed by atoms with Crippen LogP contribution in [-0.2, 0) is 15.1 Å². The maximum Gasteiger partial charge on any atom is 0.325 e. The third-order valence-electron chi connectivity index (χ3n) is 6.26. The van der Waals surface area contributed by atoms with Gasteiger partial charge in [-0.15, -0.1) is 0 Å². The standard InChI is InChI=1S/C22H22N6O6/c1-13-24-15(10-23)19(34-13)27-7-5-26(6-8-27)18(29)11-28-20(30)22(2,25-21(28)31)14-3-4-16-17(9-14)33-12-32-16/h3-4,9H,5-8,11-12H2,1-2H3,(H,25,31). The lowest BCUT2D eigenvalue weighted by Crippen LogP contribution is -2.52. The number of ether oxygens (including phenoxy) is 2. The summed E-state index contributed by atoms with van der Waals surface area (Å²) in [6.45, 7) is 4.57. The molecule has 1 unspecified atom stereocenters. The number of urea groups is 1. The Morgan fingerprint density at radius 2 is 1.94 bits per heavy atom. The number of rotatable bonds is 4. The topological polar surface area (TPSA) is 141 Å².